The SMILES string of the molecule is COc1ccc(N(C)S(=O)(=O)c2cccc(C(=O)OC3CCOC3=O)c2)cc1. The van der Waals surface area contributed by atoms with Crippen LogP contribution >= 0.6 is 0 Å². The van der Waals surface area contributed by atoms with E-state index in [9.17, 15) is 18.0 Å². The second-order valence-electron chi connectivity index (χ2n) is 6.05. The number of methoxy groups -OCH3 is 1. The molecule has 1 fully saturated rings. The lowest BCUT2D eigenvalue weighted by Gasteiger charge is -2.20. The Morgan fingerprint density at radius 1 is 1.18 bits per heavy atom. The van der Waals surface area contributed by atoms with E-state index < -0.39 is 28.1 Å². The van der Waals surface area contributed by atoms with Gasteiger partial charge in [0.2, 0.25) is 6.10 Å². The maximum Gasteiger partial charge on any atom is 0.347 e. The van der Waals surface area contributed by atoms with Crippen LogP contribution in [0.25, 0.3) is 0 Å². The second kappa shape index (κ2) is 7.89. The summed E-state index contributed by atoms with van der Waals surface area (Å²) in [7, 11) is -0.980. The summed E-state index contributed by atoms with van der Waals surface area (Å²) in [6.07, 6.45) is -0.683. The van der Waals surface area contributed by atoms with Crippen LogP contribution < -0.4 is 9.04 Å². The third-order valence-electron chi connectivity index (χ3n) is 4.30. The number of anilines is 1. The van der Waals surface area contributed by atoms with E-state index in [1.807, 2.05) is 0 Å². The minimum Gasteiger partial charge on any atom is -0.497 e. The standard InChI is InChI=1S/C19H19NO7S/c1-20(14-6-8-15(25-2)9-7-14)28(23,24)16-5-3-4-13(12-16)18(21)27-17-10-11-26-19(17)22/h3-9,12,17H,10-11H2,1-2H3. The Labute approximate surface area is 162 Å². The molecule has 28 heavy (non-hydrogen) atoms. The molecule has 2 aromatic carbocycles. The number of hydrogen-bond acceptors (Lipinski definition) is 7. The van der Waals surface area contributed by atoms with Gasteiger partial charge in [-0.2, -0.15) is 0 Å². The molecule has 0 radical (unpaired) electrons. The summed E-state index contributed by atoms with van der Waals surface area (Å²) in [4.78, 5) is 23.7. The summed E-state index contributed by atoms with van der Waals surface area (Å²) in [5.41, 5.74) is 0.464. The first-order valence-corrected chi connectivity index (χ1v) is 9.87. The summed E-state index contributed by atoms with van der Waals surface area (Å²) < 4.78 is 41.9. The monoisotopic (exact) mass is 405 g/mol. The lowest BCUT2D eigenvalue weighted by Crippen LogP contribution is -2.27. The molecule has 148 valence electrons. The first-order chi connectivity index (χ1) is 13.3. The molecule has 1 atom stereocenters. The predicted octanol–water partition coefficient (Wildman–Crippen LogP) is 1.99. The fourth-order valence-electron chi connectivity index (χ4n) is 2.65. The van der Waals surface area contributed by atoms with Crippen molar-refractivity contribution >= 4 is 27.6 Å². The smallest absolute Gasteiger partial charge is 0.347 e. The summed E-state index contributed by atoms with van der Waals surface area (Å²) >= 11 is 0. The lowest BCUT2D eigenvalue weighted by atomic mass is 10.2. The molecular weight excluding hydrogens is 386 g/mol. The molecule has 1 unspecified atom stereocenters. The number of carbonyl (C=O) groups excluding carboxylic acids is 2. The Morgan fingerprint density at radius 2 is 1.89 bits per heavy atom. The highest BCUT2D eigenvalue weighted by atomic mass is 32.2. The number of sulfonamides is 1. The quantitative estimate of drug-likeness (QED) is 0.678. The van der Waals surface area contributed by atoms with E-state index in [1.165, 1.54) is 38.4 Å². The van der Waals surface area contributed by atoms with Gasteiger partial charge in [0.1, 0.15) is 5.75 Å². The van der Waals surface area contributed by atoms with Gasteiger partial charge in [-0.05, 0) is 42.5 Å². The summed E-state index contributed by atoms with van der Waals surface area (Å²) in [5, 5.41) is 0. The van der Waals surface area contributed by atoms with Gasteiger partial charge in [-0.3, -0.25) is 4.31 Å². The largest absolute Gasteiger partial charge is 0.497 e. The Morgan fingerprint density at radius 3 is 2.50 bits per heavy atom. The van der Waals surface area contributed by atoms with E-state index in [1.54, 1.807) is 24.3 Å². The van der Waals surface area contributed by atoms with Gasteiger partial charge in [-0.25, -0.2) is 18.0 Å². The van der Waals surface area contributed by atoms with Gasteiger partial charge in [0.05, 0.1) is 29.9 Å². The minimum absolute atomic E-state index is 0.0314. The van der Waals surface area contributed by atoms with Gasteiger partial charge in [-0.1, -0.05) is 6.07 Å². The number of ether oxygens (including phenoxy) is 3. The van der Waals surface area contributed by atoms with Crippen molar-refractivity contribution in [3.05, 3.63) is 54.1 Å². The number of nitrogens with zero attached hydrogens (tertiary/aromatic N) is 1. The Kier molecular flexibility index (Phi) is 5.55. The molecule has 2 aromatic rings. The molecule has 0 bridgehead atoms. The van der Waals surface area contributed by atoms with E-state index in [-0.39, 0.29) is 23.5 Å². The highest BCUT2D eigenvalue weighted by Crippen LogP contribution is 2.25. The van der Waals surface area contributed by atoms with E-state index in [0.717, 1.165) is 4.31 Å². The zero-order chi connectivity index (χ0) is 20.3. The van der Waals surface area contributed by atoms with Crippen LogP contribution in [0.5, 0.6) is 5.75 Å². The topological polar surface area (TPSA) is 99.2 Å². The molecule has 1 aliphatic heterocycles. The van der Waals surface area contributed by atoms with E-state index in [0.29, 0.717) is 11.4 Å². The average molecular weight is 405 g/mol. The zero-order valence-corrected chi connectivity index (χ0v) is 16.1. The van der Waals surface area contributed by atoms with Gasteiger partial charge in [0.25, 0.3) is 10.0 Å². The van der Waals surface area contributed by atoms with Crippen LogP contribution in [0.3, 0.4) is 0 Å². The summed E-state index contributed by atoms with van der Waals surface area (Å²) in [6, 6.07) is 12.0. The molecule has 0 aliphatic carbocycles. The van der Waals surface area contributed by atoms with E-state index in [4.69, 9.17) is 14.2 Å². The first-order valence-electron chi connectivity index (χ1n) is 8.43. The molecule has 9 heteroatoms. The van der Waals surface area contributed by atoms with Gasteiger partial charge in [-0.15, -0.1) is 0 Å². The number of carbonyl (C=O) groups is 2. The number of hydrogen-bond donors (Lipinski definition) is 0. The number of cyclic esters (lactones) is 1. The summed E-state index contributed by atoms with van der Waals surface area (Å²) in [5.74, 6) is -0.783. The van der Waals surface area contributed by atoms with Gasteiger partial charge < -0.3 is 14.2 Å². The molecule has 1 aliphatic rings. The molecule has 8 nitrogen and oxygen atoms in total. The van der Waals surface area contributed by atoms with Crippen molar-refractivity contribution < 1.29 is 32.2 Å². The molecule has 0 amide bonds. The lowest BCUT2D eigenvalue weighted by molar-refractivity contribution is -0.145. The fraction of sp³-hybridized carbons (Fsp3) is 0.263. The molecule has 0 aromatic heterocycles. The van der Waals surface area contributed by atoms with Crippen molar-refractivity contribution in [2.75, 3.05) is 25.1 Å². The Hall–Kier alpha value is -3.07. The van der Waals surface area contributed by atoms with Crippen molar-refractivity contribution in [2.45, 2.75) is 17.4 Å². The molecule has 1 saturated heterocycles. The van der Waals surface area contributed by atoms with E-state index in [2.05, 4.69) is 0 Å². The minimum atomic E-state index is -3.91. The molecule has 0 saturated carbocycles. The molecule has 1 heterocycles. The first kappa shape index (κ1) is 19.7. The van der Waals surface area contributed by atoms with Crippen LogP contribution in [0.2, 0.25) is 0 Å². The summed E-state index contributed by atoms with van der Waals surface area (Å²) in [6.45, 7) is 0.192. The van der Waals surface area contributed by atoms with Crippen LogP contribution in [0.1, 0.15) is 16.8 Å². The maximum absolute atomic E-state index is 12.9. The third kappa shape index (κ3) is 3.94. The molecule has 0 spiro atoms. The van der Waals surface area contributed by atoms with Crippen molar-refractivity contribution in [3.63, 3.8) is 0 Å². The zero-order valence-electron chi connectivity index (χ0n) is 15.3. The average Bonchev–Trinajstić information content (AvgIpc) is 3.12. The molecular formula is C19H19NO7S. The van der Waals surface area contributed by atoms with Gasteiger partial charge in [0, 0.05) is 13.5 Å². The van der Waals surface area contributed by atoms with Crippen molar-refractivity contribution in [1.82, 2.24) is 0 Å². The highest BCUT2D eigenvalue weighted by Gasteiger charge is 2.31. The van der Waals surface area contributed by atoms with Crippen molar-refractivity contribution in [2.24, 2.45) is 0 Å². The number of rotatable bonds is 6. The highest BCUT2D eigenvalue weighted by molar-refractivity contribution is 7.92. The maximum atomic E-state index is 12.9. The van der Waals surface area contributed by atoms with E-state index >= 15 is 0 Å². The Balaban J connectivity index is 1.82. The number of esters is 2. The molecule has 3 rings (SSSR count). The second-order valence-corrected chi connectivity index (χ2v) is 8.02. The van der Waals surface area contributed by atoms with Crippen LogP contribution in [-0.2, 0) is 24.3 Å². The number of benzene rings is 2. The Bertz CT molecular complexity index is 986. The van der Waals surface area contributed by atoms with Gasteiger partial charge in [0.15, 0.2) is 0 Å². The fourth-order valence-corrected chi connectivity index (χ4v) is 3.90. The van der Waals surface area contributed by atoms with Crippen molar-refractivity contribution in [1.29, 1.82) is 0 Å². The normalized spacial score (nSPS) is 16.4. The van der Waals surface area contributed by atoms with Crippen LogP contribution in [0.15, 0.2) is 53.4 Å². The van der Waals surface area contributed by atoms with Crippen LogP contribution in [0, 0.1) is 0 Å². The molecule has 0 N–H and O–H groups in total. The van der Waals surface area contributed by atoms with Gasteiger partial charge >= 0.3 is 11.9 Å². The predicted molar refractivity (Wildman–Crippen MR) is 99.8 cm³/mol. The van der Waals surface area contributed by atoms with Crippen molar-refractivity contribution in [3.8, 4) is 5.75 Å². The van der Waals surface area contributed by atoms with Crippen LogP contribution in [-0.4, -0.2) is 47.2 Å². The van der Waals surface area contributed by atoms with Crippen LogP contribution in [0.4, 0.5) is 5.69 Å². The third-order valence-corrected chi connectivity index (χ3v) is 6.08.